The van der Waals surface area contributed by atoms with Gasteiger partial charge >= 0.3 is 0 Å². The summed E-state index contributed by atoms with van der Waals surface area (Å²) >= 11 is 13.7. The molecule has 0 aliphatic heterocycles. The Labute approximate surface area is 410 Å². The second kappa shape index (κ2) is 16.7. The minimum atomic E-state index is -2.44. The molecule has 0 fully saturated rings. The van der Waals surface area contributed by atoms with E-state index < -0.39 is 12.1 Å². The quantitative estimate of drug-likeness (QED) is 0.112. The summed E-state index contributed by atoms with van der Waals surface area (Å²) in [7, 11) is 0. The average molecular weight is 954 g/mol. The maximum atomic E-state index is 6.89. The summed E-state index contributed by atoms with van der Waals surface area (Å²) in [6.07, 6.45) is 2.02. The van der Waals surface area contributed by atoms with Gasteiger partial charge in [0, 0.05) is 45.2 Å². The topological polar surface area (TPSA) is 30.2 Å². The number of hydrogen-bond donors (Lipinski definition) is 0. The maximum Gasteiger partial charge on any atom is 0.146 e. The van der Waals surface area contributed by atoms with E-state index in [-0.39, 0.29) is 0 Å². The van der Waals surface area contributed by atoms with Crippen molar-refractivity contribution >= 4 is 127 Å². The molecular formula is C62H41N3P2S2. The van der Waals surface area contributed by atoms with E-state index in [2.05, 4.69) is 247 Å². The lowest BCUT2D eigenvalue weighted by Crippen LogP contribution is -2.25. The Morgan fingerprint density at radius 1 is 0.362 bits per heavy atom. The molecule has 0 bridgehead atoms. The van der Waals surface area contributed by atoms with E-state index in [0.29, 0.717) is 0 Å². The van der Waals surface area contributed by atoms with Gasteiger partial charge < -0.3 is 0 Å². The number of rotatable bonds is 8. The molecule has 0 N–H and O–H groups in total. The zero-order valence-electron chi connectivity index (χ0n) is 37.2. The van der Waals surface area contributed by atoms with Crippen molar-refractivity contribution in [3.8, 4) is 22.4 Å². The molecule has 0 amide bonds. The molecule has 326 valence electrons. The highest BCUT2D eigenvalue weighted by atomic mass is 32.4. The van der Waals surface area contributed by atoms with Crippen LogP contribution in [0.4, 0.5) is 0 Å². The fraction of sp³-hybridized carbons (Fsp3) is 0. The molecular weight excluding hydrogens is 913 g/mol. The summed E-state index contributed by atoms with van der Waals surface area (Å²) in [5, 5.41) is 15.1. The molecule has 0 saturated carbocycles. The van der Waals surface area contributed by atoms with Crippen LogP contribution in [0.1, 0.15) is 0 Å². The van der Waals surface area contributed by atoms with E-state index in [1.807, 2.05) is 6.20 Å². The molecule has 13 aromatic rings. The summed E-state index contributed by atoms with van der Waals surface area (Å²) in [5.41, 5.74) is 8.17. The molecule has 3 aromatic heterocycles. The van der Waals surface area contributed by atoms with E-state index in [1.165, 1.54) is 42.8 Å². The fourth-order valence-electron chi connectivity index (χ4n) is 10.4. The summed E-state index contributed by atoms with van der Waals surface area (Å²) in [6.45, 7) is 0. The lowest BCUT2D eigenvalue weighted by atomic mass is 9.98. The van der Waals surface area contributed by atoms with Crippen molar-refractivity contribution in [1.29, 1.82) is 0 Å². The van der Waals surface area contributed by atoms with Crippen LogP contribution in [0.2, 0.25) is 0 Å². The third-order valence-electron chi connectivity index (χ3n) is 13.8. The summed E-state index contributed by atoms with van der Waals surface area (Å²) in [6, 6.07) is 82.0. The standard InChI is InChI=1S/C62H41N3P2S2/c68-66(46-18-4-1-5-19-46,49-31-28-42-16-10-11-17-43(42)38-49)50-32-36-57(63-41-50)45-29-33-54-53-25-13-15-27-56(53)62-64-58-35-30-44(39-60(58)65(62)59(54)40-45)51-34-37-61(55-26-14-12-24-52(51)55)67(69,47-20-6-2-7-21-47)48-22-8-3-9-23-48/h1-41H. The Kier molecular flexibility index (Phi) is 10.1. The van der Waals surface area contributed by atoms with Gasteiger partial charge in [-0.1, -0.05) is 230 Å². The van der Waals surface area contributed by atoms with Crippen molar-refractivity contribution in [1.82, 2.24) is 14.4 Å². The van der Waals surface area contributed by atoms with Gasteiger partial charge in [-0.15, -0.1) is 0 Å². The lowest BCUT2D eigenvalue weighted by Gasteiger charge is -2.26. The Hall–Kier alpha value is -7.36. The number of pyridine rings is 2. The van der Waals surface area contributed by atoms with Crippen molar-refractivity contribution in [2.24, 2.45) is 0 Å². The van der Waals surface area contributed by atoms with Crippen LogP contribution in [0.15, 0.2) is 249 Å². The SMILES string of the molecule is S=P(c1ccccc1)(c1ccc(-c2ccc3c4ccccc4c4nc5ccc(-c6ccc(P(=S)(c7ccccc7)c7ccccc7)c7ccccc67)cc5n4c3c2)nc1)c1ccc2ccccc2c1. The normalized spacial score (nSPS) is 12.9. The molecule has 10 aromatic carbocycles. The monoisotopic (exact) mass is 953 g/mol. The lowest BCUT2D eigenvalue weighted by molar-refractivity contribution is 1.31. The van der Waals surface area contributed by atoms with Gasteiger partial charge in [0.2, 0.25) is 0 Å². The van der Waals surface area contributed by atoms with Crippen LogP contribution in [0.5, 0.6) is 0 Å². The molecule has 0 spiro atoms. The van der Waals surface area contributed by atoms with Crippen molar-refractivity contribution in [2.45, 2.75) is 0 Å². The zero-order chi connectivity index (χ0) is 46.1. The van der Waals surface area contributed by atoms with Crippen LogP contribution in [-0.2, 0) is 23.6 Å². The summed E-state index contributed by atoms with van der Waals surface area (Å²) in [5.74, 6) is 0. The summed E-state index contributed by atoms with van der Waals surface area (Å²) in [4.78, 5) is 10.6. The van der Waals surface area contributed by atoms with Gasteiger partial charge in [0.1, 0.15) is 5.65 Å². The Bertz CT molecular complexity index is 4210. The molecule has 1 unspecified atom stereocenters. The van der Waals surface area contributed by atoms with Crippen LogP contribution >= 0.6 is 12.1 Å². The summed E-state index contributed by atoms with van der Waals surface area (Å²) < 4.78 is 2.35. The fourth-order valence-corrected chi connectivity index (χ4v) is 18.1. The van der Waals surface area contributed by atoms with E-state index in [1.54, 1.807) is 0 Å². The van der Waals surface area contributed by atoms with Crippen molar-refractivity contribution < 1.29 is 0 Å². The van der Waals surface area contributed by atoms with Crippen molar-refractivity contribution in [3.63, 3.8) is 0 Å². The van der Waals surface area contributed by atoms with Gasteiger partial charge in [-0.3, -0.25) is 9.38 Å². The van der Waals surface area contributed by atoms with Gasteiger partial charge in [0.15, 0.2) is 0 Å². The minimum Gasteiger partial charge on any atom is -0.292 e. The highest BCUT2D eigenvalue weighted by Crippen LogP contribution is 2.47. The molecule has 1 atom stereocenters. The number of aromatic nitrogens is 3. The third-order valence-corrected chi connectivity index (χ3v) is 23.7. The van der Waals surface area contributed by atoms with Crippen LogP contribution in [0.25, 0.3) is 82.3 Å². The number of benzene rings is 10. The third kappa shape index (κ3) is 6.76. The smallest absolute Gasteiger partial charge is 0.146 e. The number of fused-ring (bicyclic) bond motifs is 10. The largest absolute Gasteiger partial charge is 0.292 e. The number of imidazole rings is 1. The highest BCUT2D eigenvalue weighted by molar-refractivity contribution is 8.26. The molecule has 7 heteroatoms. The molecule has 3 heterocycles. The van der Waals surface area contributed by atoms with Crippen LogP contribution < -0.4 is 31.8 Å². The van der Waals surface area contributed by atoms with E-state index in [4.69, 9.17) is 33.6 Å². The van der Waals surface area contributed by atoms with E-state index in [9.17, 15) is 0 Å². The average Bonchev–Trinajstić information content (AvgIpc) is 3.82. The zero-order valence-corrected chi connectivity index (χ0v) is 40.6. The van der Waals surface area contributed by atoms with Gasteiger partial charge in [-0.25, -0.2) is 4.98 Å². The van der Waals surface area contributed by atoms with Crippen molar-refractivity contribution in [3.05, 3.63) is 249 Å². The van der Waals surface area contributed by atoms with Gasteiger partial charge in [-0.2, -0.15) is 0 Å². The first kappa shape index (κ1) is 41.8. The highest BCUT2D eigenvalue weighted by Gasteiger charge is 2.28. The second-order valence-corrected chi connectivity index (χ2v) is 26.4. The van der Waals surface area contributed by atoms with Gasteiger partial charge in [-0.05, 0) is 95.7 Å². The van der Waals surface area contributed by atoms with Gasteiger partial charge in [0.05, 0.1) is 22.2 Å². The molecule has 69 heavy (non-hydrogen) atoms. The molecule has 0 radical (unpaired) electrons. The minimum absolute atomic E-state index is 0.887. The van der Waals surface area contributed by atoms with Crippen LogP contribution in [0, 0.1) is 0 Å². The maximum absolute atomic E-state index is 6.89. The predicted molar refractivity (Wildman–Crippen MR) is 304 cm³/mol. The molecule has 13 rings (SSSR count). The van der Waals surface area contributed by atoms with Gasteiger partial charge in [0.25, 0.3) is 0 Å². The Morgan fingerprint density at radius 2 is 0.942 bits per heavy atom. The first-order valence-corrected chi connectivity index (χ1v) is 28.7. The molecule has 0 saturated heterocycles. The Morgan fingerprint density at radius 3 is 1.64 bits per heavy atom. The van der Waals surface area contributed by atoms with Crippen molar-refractivity contribution in [2.75, 3.05) is 0 Å². The predicted octanol–water partition coefficient (Wildman–Crippen LogP) is 13.3. The second-order valence-electron chi connectivity index (χ2n) is 17.6. The molecule has 0 aliphatic carbocycles. The van der Waals surface area contributed by atoms with Crippen LogP contribution in [-0.4, -0.2) is 14.4 Å². The van der Waals surface area contributed by atoms with E-state index >= 15 is 0 Å². The van der Waals surface area contributed by atoms with E-state index in [0.717, 1.165) is 71.3 Å². The first-order valence-electron chi connectivity index (χ1n) is 23.1. The Balaban J connectivity index is 0.966. The molecule has 3 nitrogen and oxygen atoms in total. The first-order chi connectivity index (χ1) is 34.0. The molecule has 0 aliphatic rings. The number of nitrogens with zero attached hydrogens (tertiary/aromatic N) is 3. The van der Waals surface area contributed by atoms with Crippen LogP contribution in [0.3, 0.4) is 0 Å². The number of hydrogen-bond acceptors (Lipinski definition) is 4.